The normalized spacial score (nSPS) is 12.3. The van der Waals surface area contributed by atoms with Gasteiger partial charge >= 0.3 is 0 Å². The molecule has 0 aliphatic carbocycles. The van der Waals surface area contributed by atoms with Gasteiger partial charge in [-0.25, -0.2) is 0 Å². The van der Waals surface area contributed by atoms with Crippen molar-refractivity contribution >= 4 is 140 Å². The first-order valence-corrected chi connectivity index (χ1v) is 24.5. The lowest BCUT2D eigenvalue weighted by molar-refractivity contribution is 0.671. The van der Waals surface area contributed by atoms with Gasteiger partial charge in [0.05, 0.1) is 11.0 Å². The summed E-state index contributed by atoms with van der Waals surface area (Å²) in [5.41, 5.74) is 10.1. The van der Waals surface area contributed by atoms with Crippen LogP contribution in [0.1, 0.15) is 0 Å². The van der Waals surface area contributed by atoms with Crippen LogP contribution >= 0.6 is 11.3 Å². The van der Waals surface area contributed by atoms with Crippen molar-refractivity contribution in [3.05, 3.63) is 224 Å². The van der Waals surface area contributed by atoms with Crippen molar-refractivity contribution in [3.63, 3.8) is 0 Å². The quantitative estimate of drug-likeness (QED) is 0.128. The second-order valence-electron chi connectivity index (χ2n) is 18.7. The molecular weight excluding hydrogens is 855 g/mol. The third-order valence-corrected chi connectivity index (χ3v) is 16.2. The SMILES string of the molecule is c1ccc(-n2c3ccccc3c3ccc4c5cc(-c6c7ccccc7c(-c7ccc8sc9cc%10c%11ccccc%11c%11cc%12ccccc%12cc%11c%10cc9c8c7)c7ccccc67)ccc5oc4c32)cc1. The van der Waals surface area contributed by atoms with Crippen molar-refractivity contribution in [2.75, 3.05) is 0 Å². The van der Waals surface area contributed by atoms with E-state index in [1.807, 2.05) is 11.3 Å². The summed E-state index contributed by atoms with van der Waals surface area (Å²) in [7, 11) is 0. The van der Waals surface area contributed by atoms with Gasteiger partial charge in [-0.05, 0) is 160 Å². The summed E-state index contributed by atoms with van der Waals surface area (Å²) in [5.74, 6) is 0. The standard InChI is InChI=1S/C66H37NOS/c1-2-16-42(17-3-1)67-59-25-13-12-20-45(59)50-28-29-51-56-34-40(26-30-60(56)68-66(51)65(50)67)63-46-21-8-10-23-48(46)64(49-24-11-9-22-47(49)63)41-27-31-61-57(35-41)58-36-54-53-33-39-15-5-4-14-38(39)32-52(53)43-18-6-7-19-44(43)55(54)37-62(58)69-61/h1-37H. The minimum absolute atomic E-state index is 0.884. The number of benzene rings is 13. The second kappa shape index (κ2) is 13.9. The van der Waals surface area contributed by atoms with Gasteiger partial charge in [0.15, 0.2) is 5.58 Å². The third kappa shape index (κ3) is 5.20. The second-order valence-corrected chi connectivity index (χ2v) is 19.8. The zero-order valence-electron chi connectivity index (χ0n) is 37.1. The van der Waals surface area contributed by atoms with Crippen LogP contribution in [0.25, 0.3) is 156 Å². The molecule has 0 saturated heterocycles. The van der Waals surface area contributed by atoms with Gasteiger partial charge in [-0.3, -0.25) is 0 Å². The zero-order valence-corrected chi connectivity index (χ0v) is 37.9. The number of hydrogen-bond donors (Lipinski definition) is 0. The number of fused-ring (bicyclic) bond motifs is 19. The van der Waals surface area contributed by atoms with Gasteiger partial charge in [-0.2, -0.15) is 0 Å². The van der Waals surface area contributed by atoms with E-state index < -0.39 is 0 Å². The zero-order chi connectivity index (χ0) is 44.9. The fraction of sp³-hybridized carbons (Fsp3) is 0. The molecule has 3 heteroatoms. The molecule has 69 heavy (non-hydrogen) atoms. The summed E-state index contributed by atoms with van der Waals surface area (Å²) in [6.45, 7) is 0. The van der Waals surface area contributed by atoms with E-state index in [4.69, 9.17) is 4.42 Å². The van der Waals surface area contributed by atoms with Crippen LogP contribution in [0.3, 0.4) is 0 Å². The minimum atomic E-state index is 0.884. The lowest BCUT2D eigenvalue weighted by Crippen LogP contribution is -1.93. The number of thiophene rings is 1. The average molecular weight is 892 g/mol. The van der Waals surface area contributed by atoms with E-state index in [9.17, 15) is 0 Å². The lowest BCUT2D eigenvalue weighted by atomic mass is 9.85. The lowest BCUT2D eigenvalue weighted by Gasteiger charge is -2.18. The highest BCUT2D eigenvalue weighted by Gasteiger charge is 2.22. The first-order valence-electron chi connectivity index (χ1n) is 23.7. The van der Waals surface area contributed by atoms with Gasteiger partial charge in [0.1, 0.15) is 5.58 Å². The Labute approximate surface area is 399 Å². The Hall–Kier alpha value is -8.76. The molecule has 0 spiro atoms. The summed E-state index contributed by atoms with van der Waals surface area (Å²) >= 11 is 1.90. The van der Waals surface area contributed by atoms with Crippen molar-refractivity contribution in [3.8, 4) is 27.9 Å². The molecule has 0 bridgehead atoms. The van der Waals surface area contributed by atoms with E-state index in [-0.39, 0.29) is 0 Å². The van der Waals surface area contributed by atoms with Gasteiger partial charge in [-0.1, -0.05) is 152 Å². The van der Waals surface area contributed by atoms with Crippen molar-refractivity contribution in [2.45, 2.75) is 0 Å². The van der Waals surface area contributed by atoms with Crippen molar-refractivity contribution < 1.29 is 4.42 Å². The number of furan rings is 1. The van der Waals surface area contributed by atoms with Gasteiger partial charge in [0.25, 0.3) is 0 Å². The predicted octanol–water partition coefficient (Wildman–Crippen LogP) is 19.3. The van der Waals surface area contributed by atoms with Crippen LogP contribution in [0.2, 0.25) is 0 Å². The van der Waals surface area contributed by atoms with Crippen LogP contribution in [-0.4, -0.2) is 4.57 Å². The molecule has 3 aromatic heterocycles. The highest BCUT2D eigenvalue weighted by Crippen LogP contribution is 2.49. The van der Waals surface area contributed by atoms with Crippen LogP contribution in [-0.2, 0) is 0 Å². The first-order chi connectivity index (χ1) is 34.2. The summed E-state index contributed by atoms with van der Waals surface area (Å²) in [4.78, 5) is 0. The van der Waals surface area contributed by atoms with E-state index >= 15 is 0 Å². The highest BCUT2D eigenvalue weighted by atomic mass is 32.1. The molecule has 318 valence electrons. The highest BCUT2D eigenvalue weighted by molar-refractivity contribution is 7.25. The topological polar surface area (TPSA) is 18.1 Å². The van der Waals surface area contributed by atoms with E-state index in [0.717, 1.165) is 33.1 Å². The van der Waals surface area contributed by atoms with Crippen LogP contribution in [0, 0.1) is 0 Å². The fourth-order valence-electron chi connectivity index (χ4n) is 12.1. The molecule has 2 nitrogen and oxygen atoms in total. The molecule has 0 saturated carbocycles. The summed E-state index contributed by atoms with van der Waals surface area (Å²) in [6, 6.07) is 83.2. The van der Waals surface area contributed by atoms with E-state index in [1.165, 1.54) is 123 Å². The molecule has 0 aliphatic rings. The van der Waals surface area contributed by atoms with Gasteiger partial charge in [0, 0.05) is 47.4 Å². The number of hydrogen-bond acceptors (Lipinski definition) is 2. The Bertz CT molecular complexity index is 4840. The number of rotatable bonds is 3. The number of nitrogens with zero attached hydrogens (tertiary/aromatic N) is 1. The van der Waals surface area contributed by atoms with Gasteiger partial charge in [-0.15, -0.1) is 11.3 Å². The molecule has 0 amide bonds. The Morgan fingerprint density at radius 1 is 0.304 bits per heavy atom. The Kier molecular flexibility index (Phi) is 7.52. The van der Waals surface area contributed by atoms with Gasteiger partial charge < -0.3 is 8.98 Å². The van der Waals surface area contributed by atoms with Crippen LogP contribution in [0.4, 0.5) is 0 Å². The van der Waals surface area contributed by atoms with Crippen molar-refractivity contribution in [1.29, 1.82) is 0 Å². The molecule has 0 N–H and O–H groups in total. The molecule has 0 radical (unpaired) electrons. The number of aromatic nitrogens is 1. The molecule has 16 rings (SSSR count). The molecule has 0 aliphatic heterocycles. The summed E-state index contributed by atoms with van der Waals surface area (Å²) in [5, 5.41) is 22.6. The van der Waals surface area contributed by atoms with Crippen LogP contribution in [0.15, 0.2) is 229 Å². The van der Waals surface area contributed by atoms with Crippen molar-refractivity contribution in [2.24, 2.45) is 0 Å². The molecule has 16 aromatic rings. The maximum atomic E-state index is 6.92. The van der Waals surface area contributed by atoms with E-state index in [2.05, 4.69) is 229 Å². The van der Waals surface area contributed by atoms with E-state index in [1.54, 1.807) is 0 Å². The van der Waals surface area contributed by atoms with Gasteiger partial charge in [0.2, 0.25) is 0 Å². The molecule has 0 unspecified atom stereocenters. The van der Waals surface area contributed by atoms with Crippen molar-refractivity contribution in [1.82, 2.24) is 4.57 Å². The van der Waals surface area contributed by atoms with Crippen LogP contribution in [0.5, 0.6) is 0 Å². The summed E-state index contributed by atoms with van der Waals surface area (Å²) < 4.78 is 11.9. The molecule has 3 heterocycles. The molecule has 0 atom stereocenters. The van der Waals surface area contributed by atoms with E-state index in [0.29, 0.717) is 0 Å². The Morgan fingerprint density at radius 3 is 1.49 bits per heavy atom. The predicted molar refractivity (Wildman–Crippen MR) is 297 cm³/mol. The first kappa shape index (κ1) is 37.3. The third-order valence-electron chi connectivity index (χ3n) is 15.1. The molecular formula is C66H37NOS. The number of para-hydroxylation sites is 2. The fourth-order valence-corrected chi connectivity index (χ4v) is 13.2. The smallest absolute Gasteiger partial charge is 0.160 e. The average Bonchev–Trinajstić information content (AvgIpc) is 4.08. The minimum Gasteiger partial charge on any atom is -0.454 e. The molecule has 13 aromatic carbocycles. The monoisotopic (exact) mass is 891 g/mol. The largest absolute Gasteiger partial charge is 0.454 e. The van der Waals surface area contributed by atoms with Crippen LogP contribution < -0.4 is 0 Å². The molecule has 0 fully saturated rings. The Balaban J connectivity index is 0.916. The Morgan fingerprint density at radius 2 is 0.812 bits per heavy atom. The maximum Gasteiger partial charge on any atom is 0.160 e. The summed E-state index contributed by atoms with van der Waals surface area (Å²) in [6.07, 6.45) is 0. The maximum absolute atomic E-state index is 6.92.